The van der Waals surface area contributed by atoms with Crippen molar-refractivity contribution >= 4 is 10.8 Å². The minimum Gasteiger partial charge on any atom is -0.385 e. The highest BCUT2D eigenvalue weighted by Gasteiger charge is 2.44. The summed E-state index contributed by atoms with van der Waals surface area (Å²) >= 11 is 0. The zero-order chi connectivity index (χ0) is 11.9. The first kappa shape index (κ1) is 10.7. The van der Waals surface area contributed by atoms with Crippen LogP contribution in [0.3, 0.4) is 0 Å². The van der Waals surface area contributed by atoms with E-state index < -0.39 is 5.60 Å². The molecule has 1 aromatic heterocycles. The van der Waals surface area contributed by atoms with Gasteiger partial charge in [0.05, 0.1) is 5.60 Å². The maximum absolute atomic E-state index is 10.9. The predicted octanol–water partition coefficient (Wildman–Crippen LogP) is 3.24. The van der Waals surface area contributed by atoms with Crippen molar-refractivity contribution in [2.45, 2.75) is 31.8 Å². The summed E-state index contributed by atoms with van der Waals surface area (Å²) in [7, 11) is 0. The van der Waals surface area contributed by atoms with Gasteiger partial charge in [-0.05, 0) is 30.6 Å². The fourth-order valence-corrected chi connectivity index (χ4v) is 2.72. The van der Waals surface area contributed by atoms with Crippen LogP contribution in [-0.4, -0.2) is 10.1 Å². The molecule has 1 unspecified atom stereocenters. The molecule has 0 amide bonds. The first-order chi connectivity index (χ1) is 8.25. The summed E-state index contributed by atoms with van der Waals surface area (Å²) in [5, 5.41) is 13.1. The molecule has 2 nitrogen and oxygen atoms in total. The highest BCUT2D eigenvalue weighted by molar-refractivity contribution is 5.85. The molecule has 0 saturated heterocycles. The summed E-state index contributed by atoms with van der Waals surface area (Å²) in [6.07, 6.45) is 6.72. The number of aromatic nitrogens is 1. The Morgan fingerprint density at radius 2 is 2.06 bits per heavy atom. The van der Waals surface area contributed by atoms with Crippen molar-refractivity contribution in [2.75, 3.05) is 0 Å². The summed E-state index contributed by atoms with van der Waals surface area (Å²) in [4.78, 5) is 4.28. The number of benzene rings is 1. The van der Waals surface area contributed by atoms with Crippen molar-refractivity contribution < 1.29 is 5.11 Å². The standard InChI is InChI=1S/C15H17NO/c1-2-15(17,12-7-8-12)14-10-16-9-11-5-3-4-6-13(11)14/h3-6,9-10,12,17H,2,7-8H2,1H3. The van der Waals surface area contributed by atoms with E-state index in [9.17, 15) is 5.11 Å². The Morgan fingerprint density at radius 1 is 1.29 bits per heavy atom. The number of pyridine rings is 1. The number of hydrogen-bond donors (Lipinski definition) is 1. The Hall–Kier alpha value is -1.41. The zero-order valence-electron chi connectivity index (χ0n) is 10.1. The van der Waals surface area contributed by atoms with Crippen LogP contribution in [0.5, 0.6) is 0 Å². The van der Waals surface area contributed by atoms with Crippen molar-refractivity contribution in [1.29, 1.82) is 0 Å². The van der Waals surface area contributed by atoms with E-state index >= 15 is 0 Å². The normalized spacial score (nSPS) is 19.2. The number of hydrogen-bond acceptors (Lipinski definition) is 2. The minimum absolute atomic E-state index is 0.417. The smallest absolute Gasteiger partial charge is 0.0942 e. The van der Waals surface area contributed by atoms with Gasteiger partial charge in [0, 0.05) is 23.3 Å². The molecule has 3 rings (SSSR count). The second-order valence-corrected chi connectivity index (χ2v) is 4.96. The van der Waals surface area contributed by atoms with Gasteiger partial charge in [0.2, 0.25) is 0 Å². The molecule has 0 spiro atoms. The van der Waals surface area contributed by atoms with Crippen LogP contribution in [0.15, 0.2) is 36.7 Å². The molecular formula is C15H17NO. The Kier molecular flexibility index (Phi) is 2.40. The van der Waals surface area contributed by atoms with Gasteiger partial charge < -0.3 is 5.11 Å². The largest absolute Gasteiger partial charge is 0.385 e. The summed E-state index contributed by atoms with van der Waals surface area (Å²) < 4.78 is 0. The molecule has 1 atom stereocenters. The molecule has 1 aliphatic rings. The van der Waals surface area contributed by atoms with Crippen LogP contribution in [0.1, 0.15) is 31.7 Å². The number of fused-ring (bicyclic) bond motifs is 1. The van der Waals surface area contributed by atoms with E-state index in [4.69, 9.17) is 0 Å². The van der Waals surface area contributed by atoms with E-state index in [2.05, 4.69) is 24.0 Å². The lowest BCUT2D eigenvalue weighted by atomic mass is 9.85. The van der Waals surface area contributed by atoms with E-state index in [1.165, 1.54) is 0 Å². The van der Waals surface area contributed by atoms with Gasteiger partial charge in [-0.15, -0.1) is 0 Å². The van der Waals surface area contributed by atoms with Crippen LogP contribution >= 0.6 is 0 Å². The molecule has 1 saturated carbocycles. The van der Waals surface area contributed by atoms with Crippen molar-refractivity contribution in [3.8, 4) is 0 Å². The molecule has 1 heterocycles. The van der Waals surface area contributed by atoms with Crippen LogP contribution in [0.4, 0.5) is 0 Å². The fourth-order valence-electron chi connectivity index (χ4n) is 2.72. The predicted molar refractivity (Wildman–Crippen MR) is 68.7 cm³/mol. The summed E-state index contributed by atoms with van der Waals surface area (Å²) in [6, 6.07) is 8.16. The van der Waals surface area contributed by atoms with Gasteiger partial charge in [-0.2, -0.15) is 0 Å². The molecule has 0 bridgehead atoms. The molecular weight excluding hydrogens is 210 g/mol. The zero-order valence-corrected chi connectivity index (χ0v) is 10.1. The van der Waals surface area contributed by atoms with E-state index in [1.807, 2.05) is 24.5 Å². The topological polar surface area (TPSA) is 33.1 Å². The van der Waals surface area contributed by atoms with Crippen LogP contribution in [-0.2, 0) is 5.60 Å². The van der Waals surface area contributed by atoms with Crippen molar-refractivity contribution in [1.82, 2.24) is 4.98 Å². The Bertz CT molecular complexity index is 542. The third kappa shape index (κ3) is 1.64. The molecule has 2 heteroatoms. The quantitative estimate of drug-likeness (QED) is 0.873. The Labute approximate surface area is 101 Å². The lowest BCUT2D eigenvalue weighted by Gasteiger charge is -2.28. The third-order valence-corrected chi connectivity index (χ3v) is 3.93. The SMILES string of the molecule is CCC(O)(c1cncc2ccccc12)C1CC1. The molecule has 2 aromatic rings. The van der Waals surface area contributed by atoms with Gasteiger partial charge in [0.15, 0.2) is 0 Å². The Morgan fingerprint density at radius 3 is 2.76 bits per heavy atom. The van der Waals surface area contributed by atoms with Crippen LogP contribution in [0.2, 0.25) is 0 Å². The Balaban J connectivity index is 2.22. The average molecular weight is 227 g/mol. The monoisotopic (exact) mass is 227 g/mol. The number of aliphatic hydroxyl groups is 1. The molecule has 17 heavy (non-hydrogen) atoms. The third-order valence-electron chi connectivity index (χ3n) is 3.93. The number of nitrogens with zero attached hydrogens (tertiary/aromatic N) is 1. The van der Waals surface area contributed by atoms with Gasteiger partial charge in [0.1, 0.15) is 0 Å². The summed E-state index contributed by atoms with van der Waals surface area (Å²) in [6.45, 7) is 2.06. The maximum Gasteiger partial charge on any atom is 0.0942 e. The van der Waals surface area contributed by atoms with Gasteiger partial charge >= 0.3 is 0 Å². The first-order valence-electron chi connectivity index (χ1n) is 6.31. The van der Waals surface area contributed by atoms with Crippen LogP contribution in [0.25, 0.3) is 10.8 Å². The van der Waals surface area contributed by atoms with E-state index in [-0.39, 0.29) is 0 Å². The van der Waals surface area contributed by atoms with E-state index in [0.717, 1.165) is 35.6 Å². The van der Waals surface area contributed by atoms with Crippen molar-refractivity contribution in [3.63, 3.8) is 0 Å². The molecule has 1 N–H and O–H groups in total. The van der Waals surface area contributed by atoms with E-state index in [0.29, 0.717) is 5.92 Å². The molecule has 1 aromatic carbocycles. The summed E-state index contributed by atoms with van der Waals surface area (Å²) in [5.74, 6) is 0.417. The maximum atomic E-state index is 10.9. The average Bonchev–Trinajstić information content (AvgIpc) is 3.22. The van der Waals surface area contributed by atoms with Crippen LogP contribution in [0, 0.1) is 5.92 Å². The van der Waals surface area contributed by atoms with Gasteiger partial charge in [0.25, 0.3) is 0 Å². The highest BCUT2D eigenvalue weighted by atomic mass is 16.3. The molecule has 0 radical (unpaired) electrons. The summed E-state index contributed by atoms with van der Waals surface area (Å²) in [5.41, 5.74) is 0.314. The second kappa shape index (κ2) is 3.81. The van der Waals surface area contributed by atoms with Crippen molar-refractivity contribution in [2.24, 2.45) is 5.92 Å². The minimum atomic E-state index is -0.687. The fraction of sp³-hybridized carbons (Fsp3) is 0.400. The van der Waals surface area contributed by atoms with Crippen molar-refractivity contribution in [3.05, 3.63) is 42.2 Å². The molecule has 1 fully saturated rings. The first-order valence-corrected chi connectivity index (χ1v) is 6.31. The van der Waals surface area contributed by atoms with Gasteiger partial charge in [-0.25, -0.2) is 0 Å². The number of rotatable bonds is 3. The molecule has 1 aliphatic carbocycles. The molecule has 0 aliphatic heterocycles. The molecule has 88 valence electrons. The van der Waals surface area contributed by atoms with Gasteiger partial charge in [-0.1, -0.05) is 31.2 Å². The van der Waals surface area contributed by atoms with E-state index in [1.54, 1.807) is 0 Å². The second-order valence-electron chi connectivity index (χ2n) is 4.96. The highest BCUT2D eigenvalue weighted by Crippen LogP contribution is 2.48. The van der Waals surface area contributed by atoms with Gasteiger partial charge in [-0.3, -0.25) is 4.98 Å². The lowest BCUT2D eigenvalue weighted by molar-refractivity contribution is 0.0101. The van der Waals surface area contributed by atoms with Crippen LogP contribution < -0.4 is 0 Å². The lowest BCUT2D eigenvalue weighted by Crippen LogP contribution is -2.27.